The molecule has 1 saturated carbocycles. The molecule has 0 radical (unpaired) electrons. The number of aromatic nitrogens is 3. The third kappa shape index (κ3) is 3.89. The van der Waals surface area contributed by atoms with Crippen LogP contribution in [0.1, 0.15) is 19.8 Å². The summed E-state index contributed by atoms with van der Waals surface area (Å²) in [6, 6.07) is 9.28. The number of nitrogens with zero attached hydrogens (tertiary/aromatic N) is 4. The molecule has 1 aliphatic carbocycles. The van der Waals surface area contributed by atoms with E-state index in [1.165, 1.54) is 16.4 Å². The van der Waals surface area contributed by atoms with Gasteiger partial charge in [-0.05, 0) is 49.9 Å². The third-order valence-electron chi connectivity index (χ3n) is 4.12. The Bertz CT molecular complexity index is 826. The Morgan fingerprint density at radius 3 is 2.76 bits per heavy atom. The Hall–Kier alpha value is -2.24. The topological polar surface area (TPSA) is 110 Å². The van der Waals surface area contributed by atoms with Gasteiger partial charge in [-0.3, -0.25) is 4.79 Å². The van der Waals surface area contributed by atoms with Crippen LogP contribution in [-0.2, 0) is 4.79 Å². The van der Waals surface area contributed by atoms with E-state index in [4.69, 9.17) is 17.4 Å². The van der Waals surface area contributed by atoms with E-state index in [0.717, 1.165) is 18.4 Å². The minimum absolute atomic E-state index is 0.111. The van der Waals surface area contributed by atoms with Gasteiger partial charge < -0.3 is 11.2 Å². The van der Waals surface area contributed by atoms with Crippen molar-refractivity contribution in [3.63, 3.8) is 0 Å². The number of amides is 1. The van der Waals surface area contributed by atoms with E-state index in [1.807, 2.05) is 0 Å². The van der Waals surface area contributed by atoms with Crippen molar-refractivity contribution in [2.24, 2.45) is 5.92 Å². The molecule has 0 bridgehead atoms. The summed E-state index contributed by atoms with van der Waals surface area (Å²) in [5.41, 5.74) is -0.0239. The van der Waals surface area contributed by atoms with E-state index in [0.29, 0.717) is 16.0 Å². The molecule has 130 valence electrons. The van der Waals surface area contributed by atoms with Crippen LogP contribution in [0.25, 0.3) is 11.4 Å². The Balaban J connectivity index is 1.63. The maximum atomic E-state index is 12.2. The van der Waals surface area contributed by atoms with Crippen molar-refractivity contribution < 1.29 is 4.79 Å². The number of benzene rings is 1. The number of carbonyl (C=O) groups excluding carboxylic acids is 1. The van der Waals surface area contributed by atoms with E-state index in [-0.39, 0.29) is 17.6 Å². The quantitative estimate of drug-likeness (QED) is 0.590. The van der Waals surface area contributed by atoms with Crippen molar-refractivity contribution in [1.29, 1.82) is 5.26 Å². The van der Waals surface area contributed by atoms with E-state index < -0.39 is 5.54 Å². The summed E-state index contributed by atoms with van der Waals surface area (Å²) in [5, 5.41) is 21.2. The van der Waals surface area contributed by atoms with E-state index in [9.17, 15) is 10.1 Å². The van der Waals surface area contributed by atoms with E-state index in [1.54, 1.807) is 31.2 Å². The summed E-state index contributed by atoms with van der Waals surface area (Å²) in [6.07, 6.45) is 1.94. The van der Waals surface area contributed by atoms with Crippen LogP contribution in [-0.4, -0.2) is 32.1 Å². The number of hydrogen-bond acceptors (Lipinski definition) is 6. The average Bonchev–Trinajstić information content (AvgIpc) is 3.39. The number of hydrogen-bond donors (Lipinski definition) is 2. The first-order valence-electron chi connectivity index (χ1n) is 7.74. The van der Waals surface area contributed by atoms with Crippen molar-refractivity contribution in [1.82, 2.24) is 20.2 Å². The molecule has 0 aliphatic heterocycles. The van der Waals surface area contributed by atoms with Crippen LogP contribution in [0.15, 0.2) is 29.4 Å². The predicted octanol–water partition coefficient (Wildman–Crippen LogP) is 2.21. The second-order valence-corrected chi connectivity index (χ2v) is 7.49. The lowest BCUT2D eigenvalue weighted by molar-refractivity contribution is -0.119. The predicted molar refractivity (Wildman–Crippen MR) is 96.2 cm³/mol. The highest BCUT2D eigenvalue weighted by molar-refractivity contribution is 7.99. The van der Waals surface area contributed by atoms with Crippen LogP contribution in [0.3, 0.4) is 0 Å². The SMILES string of the molecule is C[C@](C#N)(NC(=O)CSc1nnc(-c2ccc(Cl)cc2)n1N)C1CC1. The fourth-order valence-corrected chi connectivity index (χ4v) is 3.29. The zero-order chi connectivity index (χ0) is 18.0. The number of nitrogen functional groups attached to an aromatic ring is 1. The highest BCUT2D eigenvalue weighted by Crippen LogP contribution is 2.39. The smallest absolute Gasteiger partial charge is 0.231 e. The van der Waals surface area contributed by atoms with Crippen LogP contribution < -0.4 is 11.2 Å². The Labute approximate surface area is 154 Å². The zero-order valence-electron chi connectivity index (χ0n) is 13.6. The summed E-state index contributed by atoms with van der Waals surface area (Å²) < 4.78 is 1.34. The summed E-state index contributed by atoms with van der Waals surface area (Å²) >= 11 is 7.05. The van der Waals surface area contributed by atoms with Crippen molar-refractivity contribution in [2.45, 2.75) is 30.5 Å². The van der Waals surface area contributed by atoms with Gasteiger partial charge >= 0.3 is 0 Å². The molecule has 1 heterocycles. The molecule has 1 atom stereocenters. The van der Waals surface area contributed by atoms with Gasteiger partial charge in [-0.2, -0.15) is 5.26 Å². The lowest BCUT2D eigenvalue weighted by atomic mass is 9.98. The number of nitriles is 1. The van der Waals surface area contributed by atoms with Gasteiger partial charge in [-0.25, -0.2) is 4.68 Å². The van der Waals surface area contributed by atoms with Gasteiger partial charge in [-0.15, -0.1) is 10.2 Å². The normalized spacial score (nSPS) is 16.0. The van der Waals surface area contributed by atoms with Crippen LogP contribution in [0.5, 0.6) is 0 Å². The van der Waals surface area contributed by atoms with E-state index in [2.05, 4.69) is 21.6 Å². The third-order valence-corrected chi connectivity index (χ3v) is 5.32. The van der Waals surface area contributed by atoms with Crippen LogP contribution in [0, 0.1) is 17.2 Å². The summed E-state index contributed by atoms with van der Waals surface area (Å²) in [6.45, 7) is 1.76. The first kappa shape index (κ1) is 17.6. The monoisotopic (exact) mass is 376 g/mol. The fourth-order valence-electron chi connectivity index (χ4n) is 2.51. The molecule has 1 aliphatic rings. The Morgan fingerprint density at radius 1 is 1.48 bits per heavy atom. The van der Waals surface area contributed by atoms with Gasteiger partial charge in [0, 0.05) is 10.6 Å². The molecule has 9 heteroatoms. The number of nitrogens with two attached hydrogens (primary N) is 1. The standard InChI is InChI=1S/C16H17ClN6OS/c1-16(9-18,11-4-5-11)20-13(24)8-25-15-22-21-14(23(15)19)10-2-6-12(17)7-3-10/h2-3,6-7,11H,4-5,8,19H2,1H3,(H,20,24)/t16-/m1/s1. The maximum absolute atomic E-state index is 12.2. The van der Waals surface area contributed by atoms with Gasteiger partial charge in [0.1, 0.15) is 5.54 Å². The molecular formula is C16H17ClN6OS. The first-order chi connectivity index (χ1) is 11.9. The average molecular weight is 377 g/mol. The van der Waals surface area contributed by atoms with Gasteiger partial charge in [-0.1, -0.05) is 23.4 Å². The van der Waals surface area contributed by atoms with E-state index >= 15 is 0 Å². The summed E-state index contributed by atoms with van der Waals surface area (Å²) in [7, 11) is 0. The molecular weight excluding hydrogens is 360 g/mol. The molecule has 1 fully saturated rings. The lowest BCUT2D eigenvalue weighted by Gasteiger charge is -2.22. The van der Waals surface area contributed by atoms with Crippen molar-refractivity contribution >= 4 is 29.3 Å². The molecule has 0 unspecified atom stereocenters. The second-order valence-electron chi connectivity index (χ2n) is 6.11. The fraction of sp³-hybridized carbons (Fsp3) is 0.375. The van der Waals surface area contributed by atoms with Crippen molar-refractivity contribution in [2.75, 3.05) is 11.6 Å². The molecule has 3 rings (SSSR count). The number of nitrogens with one attached hydrogen (secondary N) is 1. The van der Waals surface area contributed by atoms with Gasteiger partial charge in [0.05, 0.1) is 11.8 Å². The second kappa shape index (κ2) is 6.94. The van der Waals surface area contributed by atoms with Crippen LogP contribution in [0.2, 0.25) is 5.02 Å². The molecule has 1 aromatic carbocycles. The van der Waals surface area contributed by atoms with Crippen molar-refractivity contribution in [3.8, 4) is 17.5 Å². The summed E-state index contributed by atoms with van der Waals surface area (Å²) in [5.74, 6) is 6.63. The van der Waals surface area contributed by atoms with Crippen molar-refractivity contribution in [3.05, 3.63) is 29.3 Å². The Kier molecular flexibility index (Phi) is 4.88. The largest absolute Gasteiger partial charge is 0.337 e. The molecule has 1 aromatic heterocycles. The lowest BCUT2D eigenvalue weighted by Crippen LogP contribution is -2.47. The molecule has 3 N–H and O–H groups in total. The number of thioether (sulfide) groups is 1. The molecule has 7 nitrogen and oxygen atoms in total. The maximum Gasteiger partial charge on any atom is 0.231 e. The summed E-state index contributed by atoms with van der Waals surface area (Å²) in [4.78, 5) is 12.2. The number of carbonyl (C=O) groups is 1. The highest BCUT2D eigenvalue weighted by Gasteiger charge is 2.42. The minimum Gasteiger partial charge on any atom is -0.337 e. The molecule has 25 heavy (non-hydrogen) atoms. The zero-order valence-corrected chi connectivity index (χ0v) is 15.1. The highest BCUT2D eigenvalue weighted by atomic mass is 35.5. The number of halogens is 1. The van der Waals surface area contributed by atoms with Crippen LogP contribution >= 0.6 is 23.4 Å². The van der Waals surface area contributed by atoms with Gasteiger partial charge in [0.25, 0.3) is 0 Å². The molecule has 0 spiro atoms. The minimum atomic E-state index is -0.803. The molecule has 2 aromatic rings. The van der Waals surface area contributed by atoms with Gasteiger partial charge in [0.2, 0.25) is 11.1 Å². The molecule has 0 saturated heterocycles. The van der Waals surface area contributed by atoms with Gasteiger partial charge in [0.15, 0.2) is 5.82 Å². The number of rotatable bonds is 6. The Morgan fingerprint density at radius 2 is 2.16 bits per heavy atom. The molecule has 1 amide bonds. The van der Waals surface area contributed by atoms with Crippen LogP contribution in [0.4, 0.5) is 0 Å². The first-order valence-corrected chi connectivity index (χ1v) is 9.11.